The van der Waals surface area contributed by atoms with E-state index < -0.39 is 0 Å². The van der Waals surface area contributed by atoms with Gasteiger partial charge in [-0.1, -0.05) is 30.4 Å². The molecule has 0 aliphatic heterocycles. The summed E-state index contributed by atoms with van der Waals surface area (Å²) in [5.74, 6) is -0.190. The van der Waals surface area contributed by atoms with E-state index in [4.69, 9.17) is 18.0 Å². The molecule has 1 aromatic heterocycles. The molecule has 0 spiro atoms. The number of hydrogen-bond donors (Lipinski definition) is 1. The zero-order valence-corrected chi connectivity index (χ0v) is 13.6. The lowest BCUT2D eigenvalue weighted by Crippen LogP contribution is -2.34. The van der Waals surface area contributed by atoms with Crippen LogP contribution in [0.25, 0.3) is 0 Å². The van der Waals surface area contributed by atoms with Crippen molar-refractivity contribution in [2.24, 2.45) is 5.73 Å². The maximum absolute atomic E-state index is 12.7. The van der Waals surface area contributed by atoms with Crippen molar-refractivity contribution in [1.29, 1.82) is 0 Å². The van der Waals surface area contributed by atoms with E-state index in [1.807, 2.05) is 30.3 Å². The van der Waals surface area contributed by atoms with E-state index >= 15 is 0 Å². The van der Waals surface area contributed by atoms with Crippen molar-refractivity contribution in [2.45, 2.75) is 6.42 Å². The smallest absolute Gasteiger partial charge is 0.278 e. The average molecular weight is 364 g/mol. The van der Waals surface area contributed by atoms with Gasteiger partial charge in [0.25, 0.3) is 5.91 Å². The van der Waals surface area contributed by atoms with E-state index in [2.05, 4.69) is 20.9 Å². The third kappa shape index (κ3) is 4.09. The highest BCUT2D eigenvalue weighted by molar-refractivity contribution is 9.10. The van der Waals surface area contributed by atoms with Crippen LogP contribution < -0.4 is 10.6 Å². The molecule has 1 amide bonds. The SMILES string of the molecule is NC(=S)CCN(C(=O)c1ncccc1Br)c1ccccc1. The van der Waals surface area contributed by atoms with Crippen molar-refractivity contribution in [3.05, 3.63) is 58.8 Å². The van der Waals surface area contributed by atoms with Crippen LogP contribution in [0.2, 0.25) is 0 Å². The zero-order chi connectivity index (χ0) is 15.2. The molecule has 4 nitrogen and oxygen atoms in total. The molecule has 108 valence electrons. The van der Waals surface area contributed by atoms with Crippen LogP contribution in [-0.2, 0) is 0 Å². The molecule has 2 N–H and O–H groups in total. The normalized spacial score (nSPS) is 10.1. The van der Waals surface area contributed by atoms with Gasteiger partial charge in [-0.2, -0.15) is 0 Å². The van der Waals surface area contributed by atoms with Gasteiger partial charge in [0.05, 0.1) is 4.99 Å². The summed E-state index contributed by atoms with van der Waals surface area (Å²) in [6, 6.07) is 13.0. The number of rotatable bonds is 5. The van der Waals surface area contributed by atoms with Gasteiger partial charge in [0.1, 0.15) is 5.69 Å². The first-order valence-electron chi connectivity index (χ1n) is 6.35. The van der Waals surface area contributed by atoms with Gasteiger partial charge >= 0.3 is 0 Å². The highest BCUT2D eigenvalue weighted by Gasteiger charge is 2.20. The Morgan fingerprint density at radius 3 is 2.57 bits per heavy atom. The molecule has 0 aliphatic rings. The summed E-state index contributed by atoms with van der Waals surface area (Å²) in [7, 11) is 0. The number of carbonyl (C=O) groups is 1. The minimum absolute atomic E-state index is 0.190. The molecule has 0 radical (unpaired) electrons. The third-order valence-corrected chi connectivity index (χ3v) is 3.70. The summed E-state index contributed by atoms with van der Waals surface area (Å²) < 4.78 is 0.659. The number of amides is 1. The molecule has 0 aliphatic carbocycles. The quantitative estimate of drug-likeness (QED) is 0.828. The number of hydrogen-bond acceptors (Lipinski definition) is 3. The number of anilines is 1. The maximum atomic E-state index is 12.7. The van der Waals surface area contributed by atoms with Crippen molar-refractivity contribution in [3.8, 4) is 0 Å². The summed E-state index contributed by atoms with van der Waals surface area (Å²) in [5.41, 5.74) is 6.71. The predicted molar refractivity (Wildman–Crippen MR) is 91.5 cm³/mol. The molecular formula is C15H14BrN3OS. The van der Waals surface area contributed by atoms with Gasteiger partial charge in [-0.05, 0) is 40.2 Å². The van der Waals surface area contributed by atoms with E-state index in [0.29, 0.717) is 28.1 Å². The number of pyridine rings is 1. The summed E-state index contributed by atoms with van der Waals surface area (Å²) >= 11 is 8.27. The molecule has 0 fully saturated rings. The molecule has 0 saturated carbocycles. The second-order valence-corrected chi connectivity index (χ2v) is 5.72. The van der Waals surface area contributed by atoms with E-state index in [-0.39, 0.29) is 5.91 Å². The topological polar surface area (TPSA) is 59.2 Å². The molecule has 1 aromatic carbocycles. The first kappa shape index (κ1) is 15.6. The van der Waals surface area contributed by atoms with Crippen molar-refractivity contribution in [1.82, 2.24) is 4.98 Å². The Balaban J connectivity index is 2.33. The zero-order valence-electron chi connectivity index (χ0n) is 11.2. The van der Waals surface area contributed by atoms with E-state index in [1.165, 1.54) is 0 Å². The summed E-state index contributed by atoms with van der Waals surface area (Å²) in [5, 5.41) is 0. The number of para-hydroxylation sites is 1. The Kier molecular flexibility index (Phi) is 5.41. The molecule has 2 rings (SSSR count). The van der Waals surface area contributed by atoms with Crippen LogP contribution in [0, 0.1) is 0 Å². The number of nitrogens with two attached hydrogens (primary N) is 1. The molecule has 6 heteroatoms. The Morgan fingerprint density at radius 2 is 1.95 bits per heavy atom. The monoisotopic (exact) mass is 363 g/mol. The minimum Gasteiger partial charge on any atom is -0.393 e. The molecular weight excluding hydrogens is 350 g/mol. The summed E-state index contributed by atoms with van der Waals surface area (Å²) in [4.78, 5) is 18.9. The largest absolute Gasteiger partial charge is 0.393 e. The molecule has 0 unspecified atom stereocenters. The number of benzene rings is 1. The van der Waals surface area contributed by atoms with Crippen LogP contribution in [0.5, 0.6) is 0 Å². The Labute approximate surface area is 137 Å². The van der Waals surface area contributed by atoms with Crippen molar-refractivity contribution in [3.63, 3.8) is 0 Å². The molecule has 1 heterocycles. The van der Waals surface area contributed by atoms with Crippen molar-refractivity contribution in [2.75, 3.05) is 11.4 Å². The lowest BCUT2D eigenvalue weighted by Gasteiger charge is -2.22. The number of thiocarbonyl (C=S) groups is 1. The lowest BCUT2D eigenvalue weighted by atomic mass is 10.2. The molecule has 2 aromatic rings. The van der Waals surface area contributed by atoms with Gasteiger partial charge in [-0.15, -0.1) is 0 Å². The highest BCUT2D eigenvalue weighted by Crippen LogP contribution is 2.20. The summed E-state index contributed by atoms with van der Waals surface area (Å²) in [6.45, 7) is 0.418. The Bertz CT molecular complexity index is 648. The van der Waals surface area contributed by atoms with Gasteiger partial charge in [0.2, 0.25) is 0 Å². The van der Waals surface area contributed by atoms with Gasteiger partial charge in [-0.25, -0.2) is 4.98 Å². The molecule has 0 atom stereocenters. The van der Waals surface area contributed by atoms with Crippen molar-refractivity contribution < 1.29 is 4.79 Å². The maximum Gasteiger partial charge on any atom is 0.278 e. The third-order valence-electron chi connectivity index (χ3n) is 2.86. The average Bonchev–Trinajstić information content (AvgIpc) is 2.48. The number of nitrogens with zero attached hydrogens (tertiary/aromatic N) is 2. The Hall–Kier alpha value is -1.79. The van der Waals surface area contributed by atoms with Crippen LogP contribution in [0.15, 0.2) is 53.1 Å². The first-order valence-corrected chi connectivity index (χ1v) is 7.55. The molecule has 21 heavy (non-hydrogen) atoms. The fraction of sp³-hybridized carbons (Fsp3) is 0.133. The van der Waals surface area contributed by atoms with Gasteiger partial charge in [0, 0.05) is 29.3 Å². The van der Waals surface area contributed by atoms with Gasteiger partial charge in [0.15, 0.2) is 0 Å². The van der Waals surface area contributed by atoms with E-state index in [0.717, 1.165) is 5.69 Å². The predicted octanol–water partition coefficient (Wildman–Crippen LogP) is 3.17. The lowest BCUT2D eigenvalue weighted by molar-refractivity contribution is 0.0982. The Morgan fingerprint density at radius 1 is 1.24 bits per heavy atom. The van der Waals surface area contributed by atoms with Crippen LogP contribution in [0.1, 0.15) is 16.9 Å². The van der Waals surface area contributed by atoms with E-state index in [1.54, 1.807) is 23.2 Å². The number of carbonyl (C=O) groups excluding carboxylic acids is 1. The fourth-order valence-corrected chi connectivity index (χ4v) is 2.36. The molecule has 0 bridgehead atoms. The van der Waals surface area contributed by atoms with Crippen LogP contribution in [0.3, 0.4) is 0 Å². The number of halogens is 1. The van der Waals surface area contributed by atoms with Gasteiger partial charge in [-0.3, -0.25) is 4.79 Å². The first-order chi connectivity index (χ1) is 10.1. The second-order valence-electron chi connectivity index (χ2n) is 4.34. The van der Waals surface area contributed by atoms with Crippen LogP contribution >= 0.6 is 28.1 Å². The number of aromatic nitrogens is 1. The standard InChI is InChI=1S/C15H14BrN3OS/c16-12-7-4-9-18-14(12)15(20)19(10-8-13(17)21)11-5-2-1-3-6-11/h1-7,9H,8,10H2,(H2,17,21). The highest BCUT2D eigenvalue weighted by atomic mass is 79.9. The second kappa shape index (κ2) is 7.28. The fourth-order valence-electron chi connectivity index (χ4n) is 1.85. The minimum atomic E-state index is -0.190. The van der Waals surface area contributed by atoms with Gasteiger partial charge < -0.3 is 10.6 Å². The van der Waals surface area contributed by atoms with E-state index in [9.17, 15) is 4.79 Å². The molecule has 0 saturated heterocycles. The van der Waals surface area contributed by atoms with Crippen LogP contribution in [0.4, 0.5) is 5.69 Å². The van der Waals surface area contributed by atoms with Crippen LogP contribution in [-0.4, -0.2) is 22.4 Å². The van der Waals surface area contributed by atoms with Crippen molar-refractivity contribution >= 4 is 44.7 Å². The summed E-state index contributed by atoms with van der Waals surface area (Å²) in [6.07, 6.45) is 2.05.